The van der Waals surface area contributed by atoms with E-state index in [-0.39, 0.29) is 10.9 Å². The first-order valence-electron chi connectivity index (χ1n) is 12.1. The summed E-state index contributed by atoms with van der Waals surface area (Å²) < 4.78 is 12.7. The molecular formula is C29H36N2O3Si. The number of β-lactam (4-membered cyclic amide) rings is 1. The van der Waals surface area contributed by atoms with Gasteiger partial charge in [-0.3, -0.25) is 4.79 Å². The van der Waals surface area contributed by atoms with Gasteiger partial charge >= 0.3 is 0 Å². The number of hydrogen-bond donors (Lipinski definition) is 1. The van der Waals surface area contributed by atoms with Crippen molar-refractivity contribution in [3.63, 3.8) is 0 Å². The third kappa shape index (κ3) is 4.66. The van der Waals surface area contributed by atoms with Gasteiger partial charge in [-0.1, -0.05) is 93.6 Å². The van der Waals surface area contributed by atoms with Crippen LogP contribution in [-0.4, -0.2) is 38.5 Å². The van der Waals surface area contributed by atoms with Gasteiger partial charge < -0.3 is 19.8 Å². The Morgan fingerprint density at radius 2 is 1.37 bits per heavy atom. The lowest BCUT2D eigenvalue weighted by atomic mass is 9.93. The van der Waals surface area contributed by atoms with Gasteiger partial charge in [-0.2, -0.15) is 0 Å². The molecule has 2 N–H and O–H groups in total. The number of rotatable bonds is 8. The second kappa shape index (κ2) is 9.61. The smallest absolute Gasteiger partial charge is 0.263 e. The zero-order chi connectivity index (χ0) is 25.3. The van der Waals surface area contributed by atoms with Crippen LogP contribution in [0.3, 0.4) is 0 Å². The molecule has 3 aromatic carbocycles. The van der Waals surface area contributed by atoms with E-state index in [1.54, 1.807) is 7.11 Å². The molecule has 1 heterocycles. The van der Waals surface area contributed by atoms with Crippen LogP contribution in [0.2, 0.25) is 5.04 Å². The Labute approximate surface area is 210 Å². The fourth-order valence-corrected chi connectivity index (χ4v) is 9.95. The Hall–Kier alpha value is -2.93. The quantitative estimate of drug-likeness (QED) is 0.293. The maximum Gasteiger partial charge on any atom is 0.263 e. The van der Waals surface area contributed by atoms with Crippen LogP contribution in [0.25, 0.3) is 0 Å². The van der Waals surface area contributed by atoms with Gasteiger partial charge in [0.15, 0.2) is 0 Å². The number of ether oxygens (including phenoxy) is 1. The fraction of sp³-hybridized carbons (Fsp3) is 0.345. The third-order valence-corrected chi connectivity index (χ3v) is 12.1. The molecule has 2 atom stereocenters. The normalized spacial score (nSPS) is 16.9. The minimum absolute atomic E-state index is 0.0912. The van der Waals surface area contributed by atoms with Crippen molar-refractivity contribution in [2.45, 2.75) is 50.9 Å². The maximum atomic E-state index is 12.7. The molecule has 1 saturated heterocycles. The fourth-order valence-electron chi connectivity index (χ4n) is 5.25. The number of benzene rings is 3. The minimum atomic E-state index is -2.94. The van der Waals surface area contributed by atoms with Crippen LogP contribution >= 0.6 is 0 Å². The molecule has 0 spiro atoms. The minimum Gasteiger partial charge on any atom is -0.497 e. The molecule has 35 heavy (non-hydrogen) atoms. The van der Waals surface area contributed by atoms with Gasteiger partial charge in [0, 0.05) is 13.0 Å². The predicted molar refractivity (Wildman–Crippen MR) is 143 cm³/mol. The number of hydrogen-bond acceptors (Lipinski definition) is 4. The summed E-state index contributed by atoms with van der Waals surface area (Å²) in [6.45, 7) is 9.27. The summed E-state index contributed by atoms with van der Waals surface area (Å²) in [6.07, 6.45) is 0.530. The summed E-state index contributed by atoms with van der Waals surface area (Å²) in [4.78, 5) is 14.6. The van der Waals surface area contributed by atoms with E-state index in [1.807, 2.05) is 48.2 Å². The number of nitrogens with zero attached hydrogens (tertiary/aromatic N) is 1. The van der Waals surface area contributed by atoms with Gasteiger partial charge in [-0.15, -0.1) is 0 Å². The molecule has 0 aromatic heterocycles. The third-order valence-electron chi connectivity index (χ3n) is 6.96. The Balaban J connectivity index is 1.88. The van der Waals surface area contributed by atoms with Crippen molar-refractivity contribution in [2.24, 2.45) is 5.73 Å². The van der Waals surface area contributed by atoms with E-state index in [1.165, 1.54) is 0 Å². The maximum absolute atomic E-state index is 12.7. The molecule has 1 aliphatic rings. The lowest BCUT2D eigenvalue weighted by Crippen LogP contribution is -2.72. The van der Waals surface area contributed by atoms with E-state index in [4.69, 9.17) is 14.9 Å². The average molecular weight is 489 g/mol. The highest BCUT2D eigenvalue weighted by Gasteiger charge is 2.56. The number of nitrogens with two attached hydrogens (primary N) is 1. The van der Waals surface area contributed by atoms with Gasteiger partial charge in [0.25, 0.3) is 8.32 Å². The van der Waals surface area contributed by atoms with Gasteiger partial charge in [0.1, 0.15) is 11.5 Å². The molecule has 1 fully saturated rings. The second-order valence-corrected chi connectivity index (χ2v) is 14.7. The van der Waals surface area contributed by atoms with Crippen LogP contribution in [0.15, 0.2) is 84.9 Å². The highest BCUT2D eigenvalue weighted by atomic mass is 28.4. The van der Waals surface area contributed by atoms with Crippen molar-refractivity contribution in [2.75, 3.05) is 13.7 Å². The zero-order valence-corrected chi connectivity index (χ0v) is 22.3. The molecule has 0 bridgehead atoms. The van der Waals surface area contributed by atoms with Crippen molar-refractivity contribution in [3.05, 3.63) is 90.5 Å². The Morgan fingerprint density at radius 1 is 0.857 bits per heavy atom. The summed E-state index contributed by atoms with van der Waals surface area (Å²) in [5, 5.41) is 2.07. The van der Waals surface area contributed by atoms with Gasteiger partial charge in [0.2, 0.25) is 5.91 Å². The first-order chi connectivity index (χ1) is 16.6. The van der Waals surface area contributed by atoms with Crippen molar-refractivity contribution < 1.29 is 14.0 Å². The van der Waals surface area contributed by atoms with Crippen molar-refractivity contribution in [3.8, 4) is 5.75 Å². The molecule has 1 aliphatic heterocycles. The van der Waals surface area contributed by atoms with E-state index in [2.05, 4.69) is 69.3 Å². The number of amides is 1. The molecule has 0 unspecified atom stereocenters. The van der Waals surface area contributed by atoms with E-state index in [0.29, 0.717) is 13.0 Å². The van der Waals surface area contributed by atoms with Crippen LogP contribution in [0.4, 0.5) is 0 Å². The number of methoxy groups -OCH3 is 1. The summed E-state index contributed by atoms with van der Waals surface area (Å²) in [6, 6.07) is 28.2. The van der Waals surface area contributed by atoms with Gasteiger partial charge in [0.05, 0.1) is 13.2 Å². The number of carbonyl (C=O) groups is 1. The molecule has 6 heteroatoms. The Morgan fingerprint density at radius 3 is 1.74 bits per heavy atom. The van der Waals surface area contributed by atoms with Crippen molar-refractivity contribution in [1.29, 1.82) is 0 Å². The van der Waals surface area contributed by atoms with Crippen LogP contribution < -0.4 is 20.8 Å². The topological polar surface area (TPSA) is 64.8 Å². The van der Waals surface area contributed by atoms with Gasteiger partial charge in [-0.25, -0.2) is 0 Å². The van der Waals surface area contributed by atoms with E-state index >= 15 is 0 Å². The van der Waals surface area contributed by atoms with E-state index < -0.39 is 20.1 Å². The highest BCUT2D eigenvalue weighted by Crippen LogP contribution is 2.43. The molecule has 1 amide bonds. The summed E-state index contributed by atoms with van der Waals surface area (Å²) >= 11 is 0. The predicted octanol–water partition coefficient (Wildman–Crippen LogP) is 4.22. The molecule has 0 radical (unpaired) electrons. The van der Waals surface area contributed by atoms with Crippen LogP contribution in [0.5, 0.6) is 5.75 Å². The van der Waals surface area contributed by atoms with Crippen LogP contribution in [0, 0.1) is 0 Å². The SMILES string of the molecule is COc1ccc([C@H](N2CCC2=O)[C@](C)(N)O[Si](c2ccccc2)(c2ccccc2)C(C)(C)C)cc1. The molecule has 4 rings (SSSR count). The van der Waals surface area contributed by atoms with Crippen LogP contribution in [0.1, 0.15) is 45.7 Å². The second-order valence-electron chi connectivity index (χ2n) is 10.5. The van der Waals surface area contributed by atoms with Crippen LogP contribution in [-0.2, 0) is 9.22 Å². The Kier molecular flexibility index (Phi) is 6.91. The molecule has 0 aliphatic carbocycles. The summed E-state index contributed by atoms with van der Waals surface area (Å²) in [7, 11) is -1.30. The summed E-state index contributed by atoms with van der Waals surface area (Å²) in [5.41, 5.74) is 6.96. The lowest BCUT2D eigenvalue weighted by molar-refractivity contribution is -0.150. The summed E-state index contributed by atoms with van der Waals surface area (Å²) in [5.74, 6) is 0.850. The van der Waals surface area contributed by atoms with E-state index in [0.717, 1.165) is 21.7 Å². The van der Waals surface area contributed by atoms with Crippen molar-refractivity contribution >= 4 is 24.6 Å². The molecule has 184 valence electrons. The zero-order valence-electron chi connectivity index (χ0n) is 21.3. The highest BCUT2D eigenvalue weighted by molar-refractivity contribution is 6.99. The Bertz CT molecular complexity index is 1100. The molecular weight excluding hydrogens is 452 g/mol. The average Bonchev–Trinajstić information content (AvgIpc) is 2.85. The standard InChI is InChI=1S/C29H36N2O3Si/c1-28(2,3)35(24-12-8-6-9-13-24,25-14-10-7-11-15-25)34-29(4,30)27(31-21-20-26(31)32)22-16-18-23(33-5)19-17-22/h6-19,27H,20-21,30H2,1-5H3/t27-,29+/m0/s1. The lowest BCUT2D eigenvalue weighted by Gasteiger charge is -2.52. The largest absolute Gasteiger partial charge is 0.497 e. The van der Waals surface area contributed by atoms with Crippen molar-refractivity contribution in [1.82, 2.24) is 4.90 Å². The monoisotopic (exact) mass is 488 g/mol. The van der Waals surface area contributed by atoms with Gasteiger partial charge in [-0.05, 0) is 40.0 Å². The first-order valence-corrected chi connectivity index (χ1v) is 14.0. The number of likely N-dealkylation sites (tertiary alicyclic amines) is 1. The molecule has 5 nitrogen and oxygen atoms in total. The number of carbonyl (C=O) groups excluding carboxylic acids is 1. The van der Waals surface area contributed by atoms with E-state index in [9.17, 15) is 4.79 Å². The molecule has 3 aromatic rings. The first kappa shape index (κ1) is 25.2. The molecule has 0 saturated carbocycles.